The summed E-state index contributed by atoms with van der Waals surface area (Å²) in [6.45, 7) is 1.96. The monoisotopic (exact) mass is 371 g/mol. The summed E-state index contributed by atoms with van der Waals surface area (Å²) in [7, 11) is 1.62. The fourth-order valence-electron chi connectivity index (χ4n) is 3.36. The molecule has 5 rings (SSSR count). The molecule has 0 aliphatic heterocycles. The van der Waals surface area contributed by atoms with E-state index in [1.807, 2.05) is 48.3 Å². The van der Waals surface area contributed by atoms with Crippen molar-refractivity contribution in [1.29, 1.82) is 0 Å². The maximum Gasteiger partial charge on any atom is 0.164 e. The second-order valence-corrected chi connectivity index (χ2v) is 6.46. The molecule has 0 bridgehead atoms. The van der Waals surface area contributed by atoms with Gasteiger partial charge in [-0.1, -0.05) is 0 Å². The van der Waals surface area contributed by atoms with Crippen molar-refractivity contribution in [3.8, 4) is 22.7 Å². The van der Waals surface area contributed by atoms with Gasteiger partial charge in [0.05, 0.1) is 35.8 Å². The summed E-state index contributed by atoms with van der Waals surface area (Å²) in [6.07, 6.45) is 7.21. The Morgan fingerprint density at radius 2 is 2.00 bits per heavy atom. The zero-order valence-corrected chi connectivity index (χ0v) is 15.4. The first-order valence-electron chi connectivity index (χ1n) is 8.73. The number of methoxy groups -OCH3 is 1. The van der Waals surface area contributed by atoms with Crippen molar-refractivity contribution in [2.75, 3.05) is 12.8 Å². The van der Waals surface area contributed by atoms with Crippen molar-refractivity contribution >= 4 is 22.2 Å². The Morgan fingerprint density at radius 3 is 2.86 bits per heavy atom. The van der Waals surface area contributed by atoms with Crippen LogP contribution in [0, 0.1) is 6.92 Å². The van der Waals surface area contributed by atoms with E-state index in [9.17, 15) is 0 Å². The minimum absolute atomic E-state index is 0.633. The molecule has 0 fully saturated rings. The van der Waals surface area contributed by atoms with Gasteiger partial charge in [0.1, 0.15) is 11.4 Å². The van der Waals surface area contributed by atoms with E-state index >= 15 is 0 Å². The smallest absolute Gasteiger partial charge is 0.164 e. The number of pyridine rings is 1. The lowest BCUT2D eigenvalue weighted by Gasteiger charge is -2.10. The highest BCUT2D eigenvalue weighted by Crippen LogP contribution is 2.31. The highest BCUT2D eigenvalue weighted by atomic mass is 16.5. The van der Waals surface area contributed by atoms with Gasteiger partial charge in [-0.3, -0.25) is 4.98 Å². The number of nitrogen functional groups attached to an aromatic ring is 1. The van der Waals surface area contributed by atoms with Crippen molar-refractivity contribution in [3.05, 3.63) is 60.8 Å². The summed E-state index contributed by atoms with van der Waals surface area (Å²) in [5.41, 5.74) is 11.5. The molecule has 0 aliphatic carbocycles. The minimum Gasteiger partial charge on any atom is -0.494 e. The summed E-state index contributed by atoms with van der Waals surface area (Å²) < 4.78 is 9.10. The lowest BCUT2D eigenvalue weighted by Crippen LogP contribution is -2.01. The van der Waals surface area contributed by atoms with E-state index in [1.54, 1.807) is 30.1 Å². The molecule has 8 heteroatoms. The Bertz CT molecular complexity index is 1340. The molecule has 5 aromatic rings. The molecule has 0 unspecified atom stereocenters. The lowest BCUT2D eigenvalue weighted by atomic mass is 10.1. The number of anilines is 1. The maximum atomic E-state index is 5.90. The van der Waals surface area contributed by atoms with Gasteiger partial charge in [-0.25, -0.2) is 14.2 Å². The normalized spacial score (nSPS) is 11.4. The van der Waals surface area contributed by atoms with Crippen LogP contribution in [0.3, 0.4) is 0 Å². The van der Waals surface area contributed by atoms with Gasteiger partial charge in [0.15, 0.2) is 5.65 Å². The predicted octanol–water partition coefficient (Wildman–Crippen LogP) is 3.03. The Balaban J connectivity index is 1.75. The molecule has 0 radical (unpaired) electrons. The first kappa shape index (κ1) is 16.2. The molecular weight excluding hydrogens is 354 g/mol. The van der Waals surface area contributed by atoms with E-state index in [-0.39, 0.29) is 0 Å². The molecule has 8 nitrogen and oxygen atoms in total. The van der Waals surface area contributed by atoms with Crippen LogP contribution in [0.4, 0.5) is 5.69 Å². The molecule has 0 amide bonds. The zero-order valence-electron chi connectivity index (χ0n) is 15.4. The van der Waals surface area contributed by atoms with Gasteiger partial charge in [0, 0.05) is 35.7 Å². The molecule has 2 N–H and O–H groups in total. The van der Waals surface area contributed by atoms with Crippen molar-refractivity contribution in [3.63, 3.8) is 0 Å². The fourth-order valence-corrected chi connectivity index (χ4v) is 3.36. The quantitative estimate of drug-likeness (QED) is 0.490. The summed E-state index contributed by atoms with van der Waals surface area (Å²) >= 11 is 0. The second kappa shape index (κ2) is 6.05. The summed E-state index contributed by atoms with van der Waals surface area (Å²) in [4.78, 5) is 9.05. The number of nitrogens with zero attached hydrogens (tertiary/aromatic N) is 6. The van der Waals surface area contributed by atoms with Crippen LogP contribution in [-0.2, 0) is 0 Å². The molecule has 0 saturated carbocycles. The van der Waals surface area contributed by atoms with E-state index in [0.717, 1.165) is 39.2 Å². The third kappa shape index (κ3) is 2.38. The Kier molecular flexibility index (Phi) is 3.51. The number of ether oxygens (including phenoxy) is 1. The molecule has 4 heterocycles. The van der Waals surface area contributed by atoms with Gasteiger partial charge in [0.2, 0.25) is 0 Å². The highest BCUT2D eigenvalue weighted by molar-refractivity contribution is 5.88. The van der Waals surface area contributed by atoms with Crippen LogP contribution < -0.4 is 10.5 Å². The van der Waals surface area contributed by atoms with Gasteiger partial charge >= 0.3 is 0 Å². The number of hydrogen-bond donors (Lipinski definition) is 1. The largest absolute Gasteiger partial charge is 0.494 e. The third-order valence-electron chi connectivity index (χ3n) is 4.74. The van der Waals surface area contributed by atoms with Gasteiger partial charge < -0.3 is 10.5 Å². The number of aryl methyl sites for hydroxylation is 1. The molecule has 0 saturated heterocycles. The Labute approximate surface area is 160 Å². The van der Waals surface area contributed by atoms with Crippen molar-refractivity contribution in [2.45, 2.75) is 6.92 Å². The lowest BCUT2D eigenvalue weighted by molar-refractivity contribution is 0.412. The van der Waals surface area contributed by atoms with Crippen LogP contribution in [0.25, 0.3) is 33.5 Å². The average Bonchev–Trinajstić information content (AvgIpc) is 3.29. The van der Waals surface area contributed by atoms with Gasteiger partial charge in [-0.2, -0.15) is 10.2 Å². The summed E-state index contributed by atoms with van der Waals surface area (Å²) in [5.74, 6) is 0.653. The number of fused-ring (bicyclic) bond motifs is 2. The van der Waals surface area contributed by atoms with Gasteiger partial charge in [0.25, 0.3) is 0 Å². The highest BCUT2D eigenvalue weighted by Gasteiger charge is 2.16. The number of nitrogens with two attached hydrogens (primary N) is 1. The summed E-state index contributed by atoms with van der Waals surface area (Å²) in [5, 5.41) is 10.0. The zero-order chi connectivity index (χ0) is 19.3. The van der Waals surface area contributed by atoms with Crippen LogP contribution in [0.5, 0.6) is 5.75 Å². The third-order valence-corrected chi connectivity index (χ3v) is 4.74. The summed E-state index contributed by atoms with van der Waals surface area (Å²) in [6, 6.07) is 9.35. The fraction of sp³-hybridized carbons (Fsp3) is 0.100. The molecule has 28 heavy (non-hydrogen) atoms. The van der Waals surface area contributed by atoms with E-state index < -0.39 is 0 Å². The molecule has 0 aliphatic rings. The predicted molar refractivity (Wildman–Crippen MR) is 107 cm³/mol. The Hall–Kier alpha value is -3.94. The van der Waals surface area contributed by atoms with Crippen LogP contribution in [0.2, 0.25) is 0 Å². The van der Waals surface area contributed by atoms with E-state index in [1.165, 1.54) is 0 Å². The average molecular weight is 371 g/mol. The standard InChI is InChI=1S/C20H17N7O/c1-12-14-10-23-16(15-11-24-26-7-3-6-22-20(15)26)9-18(14)27(25-12)17-5-4-13(21)8-19(17)28-2/h3-11H,21H2,1-2H3. The molecule has 1 aromatic carbocycles. The molecular formula is C20H17N7O. The van der Waals surface area contributed by atoms with Gasteiger partial charge in [-0.15, -0.1) is 0 Å². The van der Waals surface area contributed by atoms with Crippen molar-refractivity contribution in [1.82, 2.24) is 29.4 Å². The number of hydrogen-bond acceptors (Lipinski definition) is 6. The van der Waals surface area contributed by atoms with Crippen LogP contribution >= 0.6 is 0 Å². The van der Waals surface area contributed by atoms with E-state index in [0.29, 0.717) is 11.4 Å². The van der Waals surface area contributed by atoms with Crippen LogP contribution in [0.15, 0.2) is 55.1 Å². The van der Waals surface area contributed by atoms with E-state index in [2.05, 4.69) is 15.1 Å². The first-order valence-corrected chi connectivity index (χ1v) is 8.73. The van der Waals surface area contributed by atoms with E-state index in [4.69, 9.17) is 15.6 Å². The molecule has 0 atom stereocenters. The van der Waals surface area contributed by atoms with Crippen molar-refractivity contribution < 1.29 is 4.74 Å². The molecule has 0 spiro atoms. The van der Waals surface area contributed by atoms with Gasteiger partial charge in [-0.05, 0) is 31.2 Å². The van der Waals surface area contributed by atoms with Crippen LogP contribution in [-0.4, -0.2) is 36.5 Å². The number of benzene rings is 1. The minimum atomic E-state index is 0.633. The SMILES string of the molecule is COc1cc(N)ccc1-n1nc(C)c2cnc(-c3cnn4cccnc34)cc21. The molecule has 4 aromatic heterocycles. The maximum absolute atomic E-state index is 5.90. The first-order chi connectivity index (χ1) is 13.7. The van der Waals surface area contributed by atoms with Crippen LogP contribution in [0.1, 0.15) is 5.69 Å². The number of rotatable bonds is 3. The topological polar surface area (TPSA) is 96.2 Å². The second-order valence-electron chi connectivity index (χ2n) is 6.46. The molecule has 138 valence electrons. The van der Waals surface area contributed by atoms with Crippen molar-refractivity contribution in [2.24, 2.45) is 0 Å². The number of aromatic nitrogens is 6. The Morgan fingerprint density at radius 1 is 1.11 bits per heavy atom.